The third kappa shape index (κ3) is 4.68. The Hall–Kier alpha value is -2.80. The summed E-state index contributed by atoms with van der Waals surface area (Å²) in [6, 6.07) is 12.2. The minimum absolute atomic E-state index is 0.0440. The highest BCUT2D eigenvalue weighted by Crippen LogP contribution is 2.33. The molecule has 1 heterocycles. The molecule has 1 amide bonds. The number of anilines is 2. The molecule has 1 aromatic heterocycles. The summed E-state index contributed by atoms with van der Waals surface area (Å²) < 4.78 is 38.4. The van der Waals surface area contributed by atoms with Gasteiger partial charge in [-0.1, -0.05) is 29.8 Å². The Morgan fingerprint density at radius 3 is 2.63 bits per heavy atom. The zero-order chi connectivity index (χ0) is 19.4. The van der Waals surface area contributed by atoms with Gasteiger partial charge in [-0.3, -0.25) is 9.78 Å². The van der Waals surface area contributed by atoms with E-state index in [9.17, 15) is 18.0 Å². The molecule has 0 fully saturated rings. The first kappa shape index (κ1) is 19.0. The number of benzene rings is 2. The third-order valence-electron chi connectivity index (χ3n) is 3.87. The number of amides is 1. The van der Waals surface area contributed by atoms with Gasteiger partial charge in [0.25, 0.3) is 0 Å². The van der Waals surface area contributed by atoms with Gasteiger partial charge in [0.1, 0.15) is 0 Å². The van der Waals surface area contributed by atoms with E-state index in [2.05, 4.69) is 15.6 Å². The van der Waals surface area contributed by atoms with Crippen molar-refractivity contribution in [2.45, 2.75) is 12.6 Å². The molecule has 0 aliphatic carbocycles. The number of carbonyl (C=O) groups is 1. The molecular weight excluding hydrogens is 379 g/mol. The van der Waals surface area contributed by atoms with E-state index in [1.807, 2.05) is 30.3 Å². The molecule has 0 saturated heterocycles. The molecule has 8 heteroatoms. The first-order valence-corrected chi connectivity index (χ1v) is 8.46. The fourth-order valence-electron chi connectivity index (χ4n) is 2.57. The van der Waals surface area contributed by atoms with Gasteiger partial charge in [0.2, 0.25) is 5.91 Å². The summed E-state index contributed by atoms with van der Waals surface area (Å²) in [6.07, 6.45) is -2.78. The van der Waals surface area contributed by atoms with Crippen LogP contribution in [0, 0.1) is 0 Å². The summed E-state index contributed by atoms with van der Waals surface area (Å²) in [4.78, 5) is 16.4. The van der Waals surface area contributed by atoms with Crippen molar-refractivity contribution in [2.24, 2.45) is 0 Å². The van der Waals surface area contributed by atoms with Crippen molar-refractivity contribution >= 4 is 39.8 Å². The summed E-state index contributed by atoms with van der Waals surface area (Å²) in [5.41, 5.74) is 0.616. The molecule has 140 valence electrons. The van der Waals surface area contributed by atoms with Crippen LogP contribution in [-0.4, -0.2) is 17.4 Å². The number of carbonyl (C=O) groups excluding carboxylic acids is 1. The number of halogens is 4. The number of hydrogen-bond acceptors (Lipinski definition) is 3. The van der Waals surface area contributed by atoms with Gasteiger partial charge in [-0.25, -0.2) is 0 Å². The molecule has 0 aliphatic rings. The number of rotatable bonds is 5. The molecule has 0 unspecified atom stereocenters. The van der Waals surface area contributed by atoms with Crippen LogP contribution < -0.4 is 10.6 Å². The highest BCUT2D eigenvalue weighted by molar-refractivity contribution is 6.33. The first-order chi connectivity index (χ1) is 12.8. The van der Waals surface area contributed by atoms with E-state index in [-0.39, 0.29) is 23.7 Å². The Morgan fingerprint density at radius 1 is 1.07 bits per heavy atom. The molecule has 0 bridgehead atoms. The quantitative estimate of drug-likeness (QED) is 0.614. The smallest absolute Gasteiger partial charge is 0.383 e. The van der Waals surface area contributed by atoms with Crippen molar-refractivity contribution in [3.8, 4) is 0 Å². The van der Waals surface area contributed by atoms with Crippen LogP contribution in [0.5, 0.6) is 0 Å². The molecule has 0 atom stereocenters. The van der Waals surface area contributed by atoms with Crippen LogP contribution in [-0.2, 0) is 11.0 Å². The van der Waals surface area contributed by atoms with Crippen LogP contribution >= 0.6 is 11.6 Å². The van der Waals surface area contributed by atoms with Gasteiger partial charge in [0.05, 0.1) is 27.5 Å². The van der Waals surface area contributed by atoms with Crippen molar-refractivity contribution < 1.29 is 18.0 Å². The molecule has 0 spiro atoms. The summed E-state index contributed by atoms with van der Waals surface area (Å²) in [5, 5.41) is 6.54. The lowest BCUT2D eigenvalue weighted by atomic mass is 10.2. The van der Waals surface area contributed by atoms with Crippen molar-refractivity contribution in [2.75, 3.05) is 17.2 Å². The number of alkyl halides is 3. The molecule has 2 aromatic carbocycles. The van der Waals surface area contributed by atoms with Gasteiger partial charge in [-0.15, -0.1) is 0 Å². The van der Waals surface area contributed by atoms with E-state index < -0.39 is 17.6 Å². The van der Waals surface area contributed by atoms with Gasteiger partial charge >= 0.3 is 6.18 Å². The largest absolute Gasteiger partial charge is 0.416 e. The average molecular weight is 394 g/mol. The lowest BCUT2D eigenvalue weighted by Gasteiger charge is -2.12. The second kappa shape index (κ2) is 7.84. The van der Waals surface area contributed by atoms with Crippen molar-refractivity contribution in [1.29, 1.82) is 0 Å². The molecule has 27 heavy (non-hydrogen) atoms. The van der Waals surface area contributed by atoms with Gasteiger partial charge in [0.15, 0.2) is 0 Å². The maximum atomic E-state index is 12.8. The maximum Gasteiger partial charge on any atom is 0.416 e. The fraction of sp³-hybridized carbons (Fsp3) is 0.158. The van der Waals surface area contributed by atoms with Crippen LogP contribution in [0.15, 0.2) is 54.7 Å². The number of hydrogen-bond donors (Lipinski definition) is 2. The number of aromatic nitrogens is 1. The summed E-state index contributed by atoms with van der Waals surface area (Å²) in [6.45, 7) is 0.290. The SMILES string of the molecule is O=C(CCNc1cccc2cccnc12)Nc1cc(C(F)(F)F)ccc1Cl. The first-order valence-electron chi connectivity index (χ1n) is 8.09. The molecule has 3 rings (SSSR count). The Kier molecular flexibility index (Phi) is 5.51. The van der Waals surface area contributed by atoms with Gasteiger partial charge < -0.3 is 10.6 Å². The predicted octanol–water partition coefficient (Wildman–Crippen LogP) is 5.35. The molecule has 0 radical (unpaired) electrons. The van der Waals surface area contributed by atoms with Crippen molar-refractivity contribution in [3.05, 3.63) is 65.3 Å². The molecule has 2 N–H and O–H groups in total. The normalized spacial score (nSPS) is 11.4. The Bertz CT molecular complexity index is 971. The summed E-state index contributed by atoms with van der Waals surface area (Å²) in [7, 11) is 0. The van der Waals surface area contributed by atoms with Crippen LogP contribution in [0.3, 0.4) is 0 Å². The minimum atomic E-state index is -4.51. The van der Waals surface area contributed by atoms with Gasteiger partial charge in [-0.05, 0) is 30.3 Å². The average Bonchev–Trinajstić information content (AvgIpc) is 2.63. The van der Waals surface area contributed by atoms with Crippen LogP contribution in [0.4, 0.5) is 24.5 Å². The van der Waals surface area contributed by atoms with Crippen LogP contribution in [0.1, 0.15) is 12.0 Å². The van der Waals surface area contributed by atoms with Crippen LogP contribution in [0.2, 0.25) is 5.02 Å². The zero-order valence-corrected chi connectivity index (χ0v) is 14.7. The molecular formula is C19H15ClF3N3O. The van der Waals surface area contributed by atoms with E-state index >= 15 is 0 Å². The molecule has 0 aliphatic heterocycles. The van der Waals surface area contributed by atoms with Crippen molar-refractivity contribution in [3.63, 3.8) is 0 Å². The molecule has 0 saturated carbocycles. The van der Waals surface area contributed by atoms with Crippen molar-refractivity contribution in [1.82, 2.24) is 4.98 Å². The Labute approximate surface area is 158 Å². The number of nitrogens with zero attached hydrogens (tertiary/aromatic N) is 1. The Morgan fingerprint density at radius 2 is 1.85 bits per heavy atom. The topological polar surface area (TPSA) is 54.0 Å². The molecule has 4 nitrogen and oxygen atoms in total. The van der Waals surface area contributed by atoms with E-state index in [1.54, 1.807) is 6.20 Å². The van der Waals surface area contributed by atoms with Gasteiger partial charge in [-0.2, -0.15) is 13.2 Å². The highest BCUT2D eigenvalue weighted by atomic mass is 35.5. The number of para-hydroxylation sites is 1. The summed E-state index contributed by atoms with van der Waals surface area (Å²) >= 11 is 5.88. The molecule has 3 aromatic rings. The van der Waals surface area contributed by atoms with E-state index in [0.29, 0.717) is 0 Å². The zero-order valence-electron chi connectivity index (χ0n) is 14.0. The Balaban J connectivity index is 1.62. The van der Waals surface area contributed by atoms with Crippen LogP contribution in [0.25, 0.3) is 10.9 Å². The number of nitrogens with one attached hydrogen (secondary N) is 2. The highest BCUT2D eigenvalue weighted by Gasteiger charge is 2.31. The minimum Gasteiger partial charge on any atom is -0.383 e. The maximum absolute atomic E-state index is 12.8. The monoisotopic (exact) mass is 393 g/mol. The predicted molar refractivity (Wildman–Crippen MR) is 99.9 cm³/mol. The van der Waals surface area contributed by atoms with E-state index in [0.717, 1.165) is 34.8 Å². The lowest BCUT2D eigenvalue weighted by Crippen LogP contribution is -2.17. The fourth-order valence-corrected chi connectivity index (χ4v) is 2.73. The second-order valence-electron chi connectivity index (χ2n) is 5.80. The van der Waals surface area contributed by atoms with E-state index in [1.165, 1.54) is 0 Å². The third-order valence-corrected chi connectivity index (χ3v) is 4.20. The second-order valence-corrected chi connectivity index (χ2v) is 6.21. The number of pyridine rings is 1. The van der Waals surface area contributed by atoms with E-state index in [4.69, 9.17) is 11.6 Å². The summed E-state index contributed by atoms with van der Waals surface area (Å²) in [5.74, 6) is -0.447. The lowest BCUT2D eigenvalue weighted by molar-refractivity contribution is -0.137. The number of fused-ring (bicyclic) bond motifs is 1. The standard InChI is InChI=1S/C19H15ClF3N3O/c20-14-7-6-13(19(21,22)23)11-16(14)26-17(27)8-10-24-15-5-1-3-12-4-2-9-25-18(12)15/h1-7,9,11,24H,8,10H2,(H,26,27). The van der Waals surface area contributed by atoms with Gasteiger partial charge in [0, 0.05) is 24.5 Å².